The zero-order valence-corrected chi connectivity index (χ0v) is 11.4. The van der Waals surface area contributed by atoms with E-state index in [9.17, 15) is 0 Å². The van der Waals surface area contributed by atoms with Gasteiger partial charge in [-0.25, -0.2) is 0 Å². The van der Waals surface area contributed by atoms with E-state index in [2.05, 4.69) is 30.3 Å². The summed E-state index contributed by atoms with van der Waals surface area (Å²) in [6.07, 6.45) is 2.16. The third kappa shape index (κ3) is 2.72. The molecule has 0 aliphatic carbocycles. The Morgan fingerprint density at radius 3 is 2.05 bits per heavy atom. The predicted molar refractivity (Wildman–Crippen MR) is 83.3 cm³/mol. The summed E-state index contributed by atoms with van der Waals surface area (Å²) in [6, 6.07) is 24.6. The SMILES string of the molecule is Cc1ccc(/C(=C/c2ccccc2)c2ccccc2)o1. The molecule has 1 nitrogen and oxygen atoms in total. The van der Waals surface area contributed by atoms with Crippen molar-refractivity contribution in [3.63, 3.8) is 0 Å². The molecule has 1 heteroatoms. The van der Waals surface area contributed by atoms with Gasteiger partial charge in [-0.2, -0.15) is 0 Å². The lowest BCUT2D eigenvalue weighted by Gasteiger charge is -2.05. The van der Waals surface area contributed by atoms with Crippen LogP contribution in [0.2, 0.25) is 0 Å². The molecule has 0 unspecified atom stereocenters. The van der Waals surface area contributed by atoms with Crippen LogP contribution in [0, 0.1) is 6.92 Å². The summed E-state index contributed by atoms with van der Waals surface area (Å²) in [5.74, 6) is 1.83. The molecule has 0 radical (unpaired) electrons. The van der Waals surface area contributed by atoms with Crippen molar-refractivity contribution in [1.29, 1.82) is 0 Å². The quantitative estimate of drug-likeness (QED) is 0.591. The van der Waals surface area contributed by atoms with Gasteiger partial charge in [-0.05, 0) is 36.3 Å². The van der Waals surface area contributed by atoms with Gasteiger partial charge in [0, 0.05) is 5.57 Å². The summed E-state index contributed by atoms with van der Waals surface area (Å²) in [5.41, 5.74) is 3.43. The van der Waals surface area contributed by atoms with Gasteiger partial charge >= 0.3 is 0 Å². The minimum atomic E-state index is 0.901. The van der Waals surface area contributed by atoms with Crippen molar-refractivity contribution in [2.75, 3.05) is 0 Å². The first kappa shape index (κ1) is 12.5. The van der Waals surface area contributed by atoms with Gasteiger partial charge < -0.3 is 4.42 Å². The van der Waals surface area contributed by atoms with E-state index in [4.69, 9.17) is 4.42 Å². The maximum atomic E-state index is 5.80. The van der Waals surface area contributed by atoms with E-state index >= 15 is 0 Å². The highest BCUT2D eigenvalue weighted by Crippen LogP contribution is 2.27. The van der Waals surface area contributed by atoms with E-state index in [-0.39, 0.29) is 0 Å². The topological polar surface area (TPSA) is 13.1 Å². The minimum Gasteiger partial charge on any atom is -0.461 e. The summed E-state index contributed by atoms with van der Waals surface area (Å²) in [7, 11) is 0. The van der Waals surface area contributed by atoms with E-state index in [0.29, 0.717) is 0 Å². The van der Waals surface area contributed by atoms with Crippen LogP contribution in [-0.2, 0) is 0 Å². The van der Waals surface area contributed by atoms with Crippen LogP contribution in [0.1, 0.15) is 22.6 Å². The average Bonchev–Trinajstić information content (AvgIpc) is 2.93. The molecule has 0 amide bonds. The Kier molecular flexibility index (Phi) is 3.51. The van der Waals surface area contributed by atoms with Gasteiger partial charge in [-0.1, -0.05) is 60.7 Å². The van der Waals surface area contributed by atoms with Crippen molar-refractivity contribution in [1.82, 2.24) is 0 Å². The van der Waals surface area contributed by atoms with Gasteiger partial charge in [0.1, 0.15) is 11.5 Å². The van der Waals surface area contributed by atoms with Crippen molar-refractivity contribution >= 4 is 11.6 Å². The van der Waals surface area contributed by atoms with Crippen LogP contribution in [0.15, 0.2) is 77.2 Å². The van der Waals surface area contributed by atoms with E-state index in [0.717, 1.165) is 22.7 Å². The number of aryl methyl sites for hydroxylation is 1. The van der Waals surface area contributed by atoms with E-state index in [1.165, 1.54) is 5.56 Å². The zero-order chi connectivity index (χ0) is 13.8. The number of hydrogen-bond acceptors (Lipinski definition) is 1. The molecular weight excluding hydrogens is 244 g/mol. The Morgan fingerprint density at radius 2 is 1.45 bits per heavy atom. The fraction of sp³-hybridized carbons (Fsp3) is 0.0526. The van der Waals surface area contributed by atoms with Gasteiger partial charge in [0.25, 0.3) is 0 Å². The van der Waals surface area contributed by atoms with Crippen molar-refractivity contribution in [2.24, 2.45) is 0 Å². The molecule has 0 saturated heterocycles. The number of furan rings is 1. The zero-order valence-electron chi connectivity index (χ0n) is 11.4. The van der Waals surface area contributed by atoms with Gasteiger partial charge in [0.15, 0.2) is 0 Å². The second-order valence-corrected chi connectivity index (χ2v) is 4.75. The number of benzene rings is 2. The highest BCUT2D eigenvalue weighted by atomic mass is 16.3. The lowest BCUT2D eigenvalue weighted by Crippen LogP contribution is -1.85. The molecular formula is C19H16O. The lowest BCUT2D eigenvalue weighted by molar-refractivity contribution is 0.522. The standard InChI is InChI=1S/C19H16O/c1-15-12-13-19(20-15)18(17-10-6-3-7-11-17)14-16-8-4-2-5-9-16/h2-14H,1H3/b18-14+. The van der Waals surface area contributed by atoms with Gasteiger partial charge in [0.2, 0.25) is 0 Å². The average molecular weight is 260 g/mol. The van der Waals surface area contributed by atoms with Crippen LogP contribution in [0.3, 0.4) is 0 Å². The first-order valence-corrected chi connectivity index (χ1v) is 6.72. The number of hydrogen-bond donors (Lipinski definition) is 0. The van der Waals surface area contributed by atoms with Crippen molar-refractivity contribution < 1.29 is 4.42 Å². The summed E-state index contributed by atoms with van der Waals surface area (Å²) >= 11 is 0. The van der Waals surface area contributed by atoms with Crippen LogP contribution in [0.25, 0.3) is 11.6 Å². The van der Waals surface area contributed by atoms with Gasteiger partial charge in [-0.3, -0.25) is 0 Å². The first-order chi connectivity index (χ1) is 9.83. The Hall–Kier alpha value is -2.54. The molecule has 3 aromatic rings. The molecule has 0 N–H and O–H groups in total. The molecule has 98 valence electrons. The van der Waals surface area contributed by atoms with Crippen LogP contribution in [0.5, 0.6) is 0 Å². The molecule has 0 atom stereocenters. The Labute approximate surface area is 119 Å². The Balaban J connectivity index is 2.11. The summed E-state index contributed by atoms with van der Waals surface area (Å²) in [6.45, 7) is 1.97. The molecule has 1 aromatic heterocycles. The van der Waals surface area contributed by atoms with E-state index < -0.39 is 0 Å². The first-order valence-electron chi connectivity index (χ1n) is 6.72. The Morgan fingerprint density at radius 1 is 0.800 bits per heavy atom. The number of rotatable bonds is 3. The van der Waals surface area contributed by atoms with E-state index in [1.54, 1.807) is 0 Å². The van der Waals surface area contributed by atoms with Crippen LogP contribution in [-0.4, -0.2) is 0 Å². The van der Waals surface area contributed by atoms with Crippen LogP contribution < -0.4 is 0 Å². The third-order valence-corrected chi connectivity index (χ3v) is 3.20. The highest BCUT2D eigenvalue weighted by Gasteiger charge is 2.08. The molecule has 1 heterocycles. The molecule has 3 rings (SSSR count). The molecule has 0 aliphatic rings. The predicted octanol–water partition coefficient (Wildman–Crippen LogP) is 5.18. The molecule has 0 bridgehead atoms. The highest BCUT2D eigenvalue weighted by molar-refractivity contribution is 5.89. The normalized spacial score (nSPS) is 11.6. The maximum absolute atomic E-state index is 5.80. The molecule has 2 aromatic carbocycles. The summed E-state index contributed by atoms with van der Waals surface area (Å²) in [4.78, 5) is 0. The van der Waals surface area contributed by atoms with Gasteiger partial charge in [-0.15, -0.1) is 0 Å². The van der Waals surface area contributed by atoms with Gasteiger partial charge in [0.05, 0.1) is 0 Å². The molecule has 0 spiro atoms. The van der Waals surface area contributed by atoms with Crippen molar-refractivity contribution in [3.05, 3.63) is 95.4 Å². The smallest absolute Gasteiger partial charge is 0.134 e. The third-order valence-electron chi connectivity index (χ3n) is 3.20. The van der Waals surface area contributed by atoms with Crippen molar-refractivity contribution in [2.45, 2.75) is 6.92 Å². The van der Waals surface area contributed by atoms with Crippen LogP contribution >= 0.6 is 0 Å². The monoisotopic (exact) mass is 260 g/mol. The molecule has 20 heavy (non-hydrogen) atoms. The maximum Gasteiger partial charge on any atom is 0.134 e. The molecule has 0 saturated carbocycles. The fourth-order valence-corrected chi connectivity index (χ4v) is 2.21. The second kappa shape index (κ2) is 5.62. The summed E-state index contributed by atoms with van der Waals surface area (Å²) < 4.78 is 5.80. The second-order valence-electron chi connectivity index (χ2n) is 4.75. The Bertz CT molecular complexity index is 706. The lowest BCUT2D eigenvalue weighted by atomic mass is 10.0. The molecule has 0 fully saturated rings. The van der Waals surface area contributed by atoms with Crippen LogP contribution in [0.4, 0.5) is 0 Å². The largest absolute Gasteiger partial charge is 0.461 e. The minimum absolute atomic E-state index is 0.901. The molecule has 0 aliphatic heterocycles. The van der Waals surface area contributed by atoms with E-state index in [1.807, 2.05) is 55.5 Å². The fourth-order valence-electron chi connectivity index (χ4n) is 2.21. The summed E-state index contributed by atoms with van der Waals surface area (Å²) in [5, 5.41) is 0. The van der Waals surface area contributed by atoms with Crippen molar-refractivity contribution in [3.8, 4) is 0 Å².